The second kappa shape index (κ2) is 8.51. The first-order chi connectivity index (χ1) is 9.03. The molecule has 1 fully saturated rings. The number of rotatable bonds is 8. The van der Waals surface area contributed by atoms with Gasteiger partial charge in [0, 0.05) is 20.3 Å². The first-order valence-electron chi connectivity index (χ1n) is 7.11. The number of carbonyl (C=O) groups is 1. The van der Waals surface area contributed by atoms with Crippen LogP contribution in [-0.4, -0.2) is 52.0 Å². The lowest BCUT2D eigenvalue weighted by molar-refractivity contribution is -0.128. The Morgan fingerprint density at radius 1 is 1.37 bits per heavy atom. The van der Waals surface area contributed by atoms with Gasteiger partial charge in [0.15, 0.2) is 0 Å². The van der Waals surface area contributed by atoms with Crippen LogP contribution in [0.1, 0.15) is 33.1 Å². The summed E-state index contributed by atoms with van der Waals surface area (Å²) in [6.45, 7) is 7.76. The molecule has 1 amide bonds. The Kier molecular flexibility index (Phi) is 7.34. The van der Waals surface area contributed by atoms with Gasteiger partial charge in [0.05, 0.1) is 6.10 Å². The van der Waals surface area contributed by atoms with Crippen molar-refractivity contribution < 1.29 is 14.3 Å². The van der Waals surface area contributed by atoms with Gasteiger partial charge in [-0.1, -0.05) is 13.8 Å². The standard InChI is InChI=1S/C14H28N2O3/c1-14(2,6-9-18-3)11-16-13(17)10-19-12-4-7-15-8-5-12/h12,15H,4-11H2,1-3H3,(H,16,17). The van der Waals surface area contributed by atoms with Crippen LogP contribution in [0, 0.1) is 5.41 Å². The number of amides is 1. The van der Waals surface area contributed by atoms with E-state index < -0.39 is 0 Å². The average molecular weight is 272 g/mol. The molecule has 1 rings (SSSR count). The topological polar surface area (TPSA) is 59.6 Å². The largest absolute Gasteiger partial charge is 0.385 e. The highest BCUT2D eigenvalue weighted by molar-refractivity contribution is 5.77. The Labute approximate surface area is 116 Å². The van der Waals surface area contributed by atoms with Crippen LogP contribution in [0.15, 0.2) is 0 Å². The van der Waals surface area contributed by atoms with E-state index in [0.29, 0.717) is 13.2 Å². The van der Waals surface area contributed by atoms with Crippen molar-refractivity contribution in [2.45, 2.75) is 39.2 Å². The molecule has 2 N–H and O–H groups in total. The van der Waals surface area contributed by atoms with Gasteiger partial charge in [0.2, 0.25) is 5.91 Å². The fraction of sp³-hybridized carbons (Fsp3) is 0.929. The van der Waals surface area contributed by atoms with Crippen LogP contribution in [0.4, 0.5) is 0 Å². The molecule has 5 nitrogen and oxygen atoms in total. The molecule has 0 bridgehead atoms. The van der Waals surface area contributed by atoms with Crippen LogP contribution >= 0.6 is 0 Å². The third-order valence-electron chi connectivity index (χ3n) is 3.48. The smallest absolute Gasteiger partial charge is 0.246 e. The average Bonchev–Trinajstić information content (AvgIpc) is 2.42. The number of carbonyl (C=O) groups excluding carboxylic acids is 1. The normalized spacial score (nSPS) is 17.4. The Bertz CT molecular complexity index is 263. The molecular formula is C14H28N2O3. The van der Waals surface area contributed by atoms with Crippen LogP contribution in [0.5, 0.6) is 0 Å². The molecule has 19 heavy (non-hydrogen) atoms. The number of hydrogen-bond donors (Lipinski definition) is 2. The highest BCUT2D eigenvalue weighted by Crippen LogP contribution is 2.18. The van der Waals surface area contributed by atoms with Crippen molar-refractivity contribution in [2.75, 3.05) is 40.0 Å². The summed E-state index contributed by atoms with van der Waals surface area (Å²) in [7, 11) is 1.70. The maximum absolute atomic E-state index is 11.7. The number of methoxy groups -OCH3 is 1. The fourth-order valence-corrected chi connectivity index (χ4v) is 2.01. The molecule has 0 aromatic rings. The first-order valence-corrected chi connectivity index (χ1v) is 7.11. The molecule has 0 aromatic heterocycles. The first kappa shape index (κ1) is 16.4. The lowest BCUT2D eigenvalue weighted by Gasteiger charge is -2.25. The summed E-state index contributed by atoms with van der Waals surface area (Å²) in [6.07, 6.45) is 3.14. The molecule has 1 heterocycles. The van der Waals surface area contributed by atoms with Crippen LogP contribution in [0.25, 0.3) is 0 Å². The number of piperidine rings is 1. The van der Waals surface area contributed by atoms with E-state index in [1.54, 1.807) is 7.11 Å². The minimum absolute atomic E-state index is 0.0241. The molecular weight excluding hydrogens is 244 g/mol. The fourth-order valence-electron chi connectivity index (χ4n) is 2.01. The van der Waals surface area contributed by atoms with Gasteiger partial charge in [-0.3, -0.25) is 4.79 Å². The molecule has 1 aliphatic heterocycles. The van der Waals surface area contributed by atoms with Gasteiger partial charge in [-0.2, -0.15) is 0 Å². The molecule has 0 aliphatic carbocycles. The Morgan fingerprint density at radius 2 is 2.05 bits per heavy atom. The molecule has 0 radical (unpaired) electrons. The molecule has 0 saturated carbocycles. The van der Waals surface area contributed by atoms with Crippen molar-refractivity contribution in [3.63, 3.8) is 0 Å². The zero-order chi connectivity index (χ0) is 14.1. The van der Waals surface area contributed by atoms with E-state index in [1.807, 2.05) is 0 Å². The van der Waals surface area contributed by atoms with Crippen molar-refractivity contribution in [2.24, 2.45) is 5.41 Å². The van der Waals surface area contributed by atoms with Gasteiger partial charge < -0.3 is 20.1 Å². The zero-order valence-corrected chi connectivity index (χ0v) is 12.5. The maximum atomic E-state index is 11.7. The van der Waals surface area contributed by atoms with E-state index in [2.05, 4.69) is 24.5 Å². The van der Waals surface area contributed by atoms with Crippen LogP contribution < -0.4 is 10.6 Å². The molecule has 0 atom stereocenters. The molecule has 112 valence electrons. The highest BCUT2D eigenvalue weighted by Gasteiger charge is 2.19. The zero-order valence-electron chi connectivity index (χ0n) is 12.5. The van der Waals surface area contributed by atoms with Crippen molar-refractivity contribution in [3.05, 3.63) is 0 Å². The summed E-state index contributed by atoms with van der Waals surface area (Å²) < 4.78 is 10.7. The molecule has 0 unspecified atom stereocenters. The van der Waals surface area contributed by atoms with E-state index in [0.717, 1.165) is 32.4 Å². The van der Waals surface area contributed by atoms with Crippen LogP contribution in [0.3, 0.4) is 0 Å². The summed E-state index contributed by atoms with van der Waals surface area (Å²) in [5.41, 5.74) is 0.0560. The highest BCUT2D eigenvalue weighted by atomic mass is 16.5. The predicted molar refractivity (Wildman–Crippen MR) is 75.1 cm³/mol. The second-order valence-corrected chi connectivity index (χ2v) is 5.94. The summed E-state index contributed by atoms with van der Waals surface area (Å²) >= 11 is 0. The molecule has 1 aliphatic rings. The molecule has 5 heteroatoms. The lowest BCUT2D eigenvalue weighted by Crippen LogP contribution is -2.39. The van der Waals surface area contributed by atoms with E-state index in [9.17, 15) is 4.79 Å². The summed E-state index contributed by atoms with van der Waals surface area (Å²) in [5.74, 6) is -0.0241. The minimum atomic E-state index is -0.0241. The molecule has 0 spiro atoms. The predicted octanol–water partition coefficient (Wildman–Crippen LogP) is 0.934. The Balaban J connectivity index is 2.12. The Morgan fingerprint density at radius 3 is 2.68 bits per heavy atom. The third kappa shape index (κ3) is 7.50. The Hall–Kier alpha value is -0.650. The van der Waals surface area contributed by atoms with Gasteiger partial charge in [-0.15, -0.1) is 0 Å². The van der Waals surface area contributed by atoms with Gasteiger partial charge in [-0.25, -0.2) is 0 Å². The second-order valence-electron chi connectivity index (χ2n) is 5.94. The van der Waals surface area contributed by atoms with Gasteiger partial charge in [0.25, 0.3) is 0 Å². The number of ether oxygens (including phenoxy) is 2. The van der Waals surface area contributed by atoms with Gasteiger partial charge in [-0.05, 0) is 37.8 Å². The number of hydrogen-bond acceptors (Lipinski definition) is 4. The lowest BCUT2D eigenvalue weighted by atomic mass is 9.90. The van der Waals surface area contributed by atoms with Crippen LogP contribution in [-0.2, 0) is 14.3 Å². The van der Waals surface area contributed by atoms with E-state index in [4.69, 9.17) is 9.47 Å². The van der Waals surface area contributed by atoms with Crippen molar-refractivity contribution in [3.8, 4) is 0 Å². The van der Waals surface area contributed by atoms with E-state index >= 15 is 0 Å². The van der Waals surface area contributed by atoms with Gasteiger partial charge >= 0.3 is 0 Å². The molecule has 0 aromatic carbocycles. The van der Waals surface area contributed by atoms with Crippen molar-refractivity contribution in [1.29, 1.82) is 0 Å². The maximum Gasteiger partial charge on any atom is 0.246 e. The third-order valence-corrected chi connectivity index (χ3v) is 3.48. The monoisotopic (exact) mass is 272 g/mol. The van der Waals surface area contributed by atoms with E-state index in [-0.39, 0.29) is 24.0 Å². The summed E-state index contributed by atoms with van der Waals surface area (Å²) in [4.78, 5) is 11.7. The van der Waals surface area contributed by atoms with Crippen LogP contribution in [0.2, 0.25) is 0 Å². The molecule has 1 saturated heterocycles. The quantitative estimate of drug-likeness (QED) is 0.690. The summed E-state index contributed by atoms with van der Waals surface area (Å²) in [5, 5.41) is 6.21. The van der Waals surface area contributed by atoms with Crippen molar-refractivity contribution in [1.82, 2.24) is 10.6 Å². The summed E-state index contributed by atoms with van der Waals surface area (Å²) in [6, 6.07) is 0. The van der Waals surface area contributed by atoms with E-state index in [1.165, 1.54) is 0 Å². The van der Waals surface area contributed by atoms with Crippen molar-refractivity contribution >= 4 is 5.91 Å². The van der Waals surface area contributed by atoms with Gasteiger partial charge in [0.1, 0.15) is 6.61 Å². The SMILES string of the molecule is COCCC(C)(C)CNC(=O)COC1CCNCC1. The minimum Gasteiger partial charge on any atom is -0.385 e. The number of nitrogens with one attached hydrogen (secondary N) is 2.